The molecule has 0 aromatic carbocycles. The molecule has 3 aromatic rings. The highest BCUT2D eigenvalue weighted by atomic mass is 32.1. The summed E-state index contributed by atoms with van der Waals surface area (Å²) in [7, 11) is 0. The van der Waals surface area contributed by atoms with Gasteiger partial charge in [-0.2, -0.15) is 0 Å². The molecule has 0 radical (unpaired) electrons. The summed E-state index contributed by atoms with van der Waals surface area (Å²) in [5, 5.41) is 2.33. The van der Waals surface area contributed by atoms with Crippen molar-refractivity contribution >= 4 is 23.5 Å². The smallest absolute Gasteiger partial charge is 0.272 e. The van der Waals surface area contributed by atoms with Gasteiger partial charge in [0.1, 0.15) is 10.7 Å². The molecule has 0 saturated heterocycles. The van der Waals surface area contributed by atoms with Gasteiger partial charge in [0.15, 0.2) is 0 Å². The summed E-state index contributed by atoms with van der Waals surface area (Å²) in [4.78, 5) is 34.5. The van der Waals surface area contributed by atoms with Gasteiger partial charge in [0.25, 0.3) is 11.1 Å². The predicted octanol–water partition coefficient (Wildman–Crippen LogP) is 0.486. The molecule has 3 aromatic heterocycles. The molecule has 0 aliphatic carbocycles. The van der Waals surface area contributed by atoms with Crippen molar-refractivity contribution in [3.8, 4) is 0 Å². The SMILES string of the molecule is Cc1ccc(/C=c2/[nH]c(=O)c(=Cc3cccs3)[nH]c2=O)nc1. The minimum absolute atomic E-state index is 0.185. The summed E-state index contributed by atoms with van der Waals surface area (Å²) in [5.74, 6) is 0. The Balaban J connectivity index is 2.13. The number of aryl methyl sites for hydroxylation is 1. The third-order valence-corrected chi connectivity index (χ3v) is 3.86. The van der Waals surface area contributed by atoms with E-state index < -0.39 is 0 Å². The number of aromatic amines is 2. The molecule has 0 unspecified atom stereocenters. The third-order valence-electron chi connectivity index (χ3n) is 3.04. The molecule has 110 valence electrons. The van der Waals surface area contributed by atoms with Gasteiger partial charge in [-0.3, -0.25) is 14.6 Å². The molecule has 0 fully saturated rings. The molecule has 6 heteroatoms. The van der Waals surface area contributed by atoms with Gasteiger partial charge in [0.2, 0.25) is 0 Å². The molecule has 0 amide bonds. The summed E-state index contributed by atoms with van der Waals surface area (Å²) in [6.45, 7) is 1.93. The summed E-state index contributed by atoms with van der Waals surface area (Å²) >= 11 is 1.49. The van der Waals surface area contributed by atoms with E-state index in [1.54, 1.807) is 24.4 Å². The fourth-order valence-electron chi connectivity index (χ4n) is 1.92. The Hall–Kier alpha value is -2.73. The van der Waals surface area contributed by atoms with Crippen LogP contribution in [0.3, 0.4) is 0 Å². The second kappa shape index (κ2) is 5.95. The van der Waals surface area contributed by atoms with Crippen molar-refractivity contribution in [3.63, 3.8) is 0 Å². The van der Waals surface area contributed by atoms with E-state index in [1.165, 1.54) is 11.3 Å². The Kier molecular flexibility index (Phi) is 3.84. The molecule has 0 aliphatic heterocycles. The van der Waals surface area contributed by atoms with Crippen LogP contribution in [0.4, 0.5) is 0 Å². The van der Waals surface area contributed by atoms with E-state index in [2.05, 4.69) is 15.0 Å². The molecule has 0 saturated carbocycles. The van der Waals surface area contributed by atoms with Crippen molar-refractivity contribution < 1.29 is 0 Å². The average Bonchev–Trinajstić information content (AvgIpc) is 2.99. The van der Waals surface area contributed by atoms with Crippen LogP contribution in [0.25, 0.3) is 12.2 Å². The second-order valence-electron chi connectivity index (χ2n) is 4.80. The standard InChI is InChI=1S/C16H13N3O2S/c1-10-4-5-11(17-9-10)7-13-15(20)19-14(16(21)18-13)8-12-3-2-6-22-12/h2-9H,1H3,(H,18,21)(H,19,20)/b13-7+,14-8?. The largest absolute Gasteiger partial charge is 0.316 e. The molecule has 0 aliphatic rings. The first kappa shape index (κ1) is 14.2. The highest BCUT2D eigenvalue weighted by Gasteiger charge is 1.97. The van der Waals surface area contributed by atoms with Crippen molar-refractivity contribution in [3.05, 3.63) is 83.4 Å². The van der Waals surface area contributed by atoms with E-state index >= 15 is 0 Å². The number of nitrogens with one attached hydrogen (secondary N) is 2. The lowest BCUT2D eigenvalue weighted by Crippen LogP contribution is -2.46. The average molecular weight is 311 g/mol. The van der Waals surface area contributed by atoms with Crippen LogP contribution in [0.1, 0.15) is 16.1 Å². The van der Waals surface area contributed by atoms with Crippen molar-refractivity contribution in [1.29, 1.82) is 0 Å². The lowest BCUT2D eigenvalue weighted by atomic mass is 10.2. The minimum atomic E-state index is -0.357. The molecular formula is C16H13N3O2S. The van der Waals surface area contributed by atoms with Gasteiger partial charge < -0.3 is 9.97 Å². The first-order valence-corrected chi connectivity index (χ1v) is 7.52. The van der Waals surface area contributed by atoms with Gasteiger partial charge in [-0.15, -0.1) is 11.3 Å². The van der Waals surface area contributed by atoms with Gasteiger partial charge in [-0.25, -0.2) is 0 Å². The van der Waals surface area contributed by atoms with Crippen molar-refractivity contribution in [1.82, 2.24) is 15.0 Å². The molecule has 3 heterocycles. The second-order valence-corrected chi connectivity index (χ2v) is 5.78. The van der Waals surface area contributed by atoms with Crippen molar-refractivity contribution in [2.24, 2.45) is 0 Å². The Morgan fingerprint density at radius 1 is 1.05 bits per heavy atom. The van der Waals surface area contributed by atoms with Gasteiger partial charge >= 0.3 is 0 Å². The van der Waals surface area contributed by atoms with E-state index in [-0.39, 0.29) is 21.8 Å². The normalized spacial score (nSPS) is 12.8. The molecule has 3 rings (SSSR count). The zero-order chi connectivity index (χ0) is 15.5. The topological polar surface area (TPSA) is 78.6 Å². The highest BCUT2D eigenvalue weighted by Crippen LogP contribution is 2.07. The highest BCUT2D eigenvalue weighted by molar-refractivity contribution is 7.10. The Bertz CT molecular complexity index is 1010. The predicted molar refractivity (Wildman–Crippen MR) is 87.4 cm³/mol. The van der Waals surface area contributed by atoms with Gasteiger partial charge in [0.05, 0.1) is 5.69 Å². The van der Waals surface area contributed by atoms with Crippen LogP contribution < -0.4 is 21.8 Å². The molecule has 2 N–H and O–H groups in total. The zero-order valence-electron chi connectivity index (χ0n) is 11.8. The number of pyridine rings is 1. The van der Waals surface area contributed by atoms with Gasteiger partial charge in [-0.1, -0.05) is 12.1 Å². The van der Waals surface area contributed by atoms with Crippen LogP contribution in [-0.2, 0) is 0 Å². The maximum absolute atomic E-state index is 12.1. The minimum Gasteiger partial charge on any atom is -0.316 e. The summed E-state index contributed by atoms with van der Waals surface area (Å²) in [6.07, 6.45) is 4.91. The van der Waals surface area contributed by atoms with Crippen LogP contribution in [0.15, 0.2) is 45.4 Å². The van der Waals surface area contributed by atoms with Crippen LogP contribution in [0.2, 0.25) is 0 Å². The van der Waals surface area contributed by atoms with Crippen LogP contribution in [0, 0.1) is 6.92 Å². The fourth-order valence-corrected chi connectivity index (χ4v) is 2.58. The summed E-state index contributed by atoms with van der Waals surface area (Å²) < 4.78 is 0. The first-order chi connectivity index (χ1) is 10.6. The monoisotopic (exact) mass is 311 g/mol. The fraction of sp³-hybridized carbons (Fsp3) is 0.0625. The first-order valence-electron chi connectivity index (χ1n) is 6.64. The molecular weight excluding hydrogens is 298 g/mol. The number of nitrogens with zero attached hydrogens (tertiary/aromatic N) is 1. The maximum atomic E-state index is 12.1. The molecule has 5 nitrogen and oxygen atoms in total. The number of hydrogen-bond acceptors (Lipinski definition) is 4. The summed E-state index contributed by atoms with van der Waals surface area (Å²) in [5.41, 5.74) is 0.943. The number of aromatic nitrogens is 3. The molecule has 22 heavy (non-hydrogen) atoms. The Morgan fingerprint density at radius 2 is 1.77 bits per heavy atom. The lowest BCUT2D eigenvalue weighted by Gasteiger charge is -1.94. The van der Waals surface area contributed by atoms with E-state index in [1.807, 2.05) is 30.5 Å². The van der Waals surface area contributed by atoms with Crippen molar-refractivity contribution in [2.45, 2.75) is 6.92 Å². The number of rotatable bonds is 2. The van der Waals surface area contributed by atoms with Crippen LogP contribution >= 0.6 is 11.3 Å². The van der Waals surface area contributed by atoms with Crippen LogP contribution in [-0.4, -0.2) is 15.0 Å². The van der Waals surface area contributed by atoms with Gasteiger partial charge in [0, 0.05) is 11.1 Å². The Labute approximate surface area is 129 Å². The number of H-pyrrole nitrogens is 2. The number of hydrogen-bond donors (Lipinski definition) is 2. The van der Waals surface area contributed by atoms with E-state index in [0.717, 1.165) is 10.4 Å². The quantitative estimate of drug-likeness (QED) is 0.723. The molecule has 0 spiro atoms. The maximum Gasteiger partial charge on any atom is 0.272 e. The number of thiophene rings is 1. The van der Waals surface area contributed by atoms with E-state index in [9.17, 15) is 9.59 Å². The lowest BCUT2D eigenvalue weighted by molar-refractivity contribution is 1.00. The third kappa shape index (κ3) is 3.12. The van der Waals surface area contributed by atoms with Crippen molar-refractivity contribution in [2.75, 3.05) is 0 Å². The van der Waals surface area contributed by atoms with Crippen LogP contribution in [0.5, 0.6) is 0 Å². The van der Waals surface area contributed by atoms with Gasteiger partial charge in [-0.05, 0) is 42.2 Å². The Morgan fingerprint density at radius 3 is 2.36 bits per heavy atom. The molecule has 0 atom stereocenters. The van der Waals surface area contributed by atoms with E-state index in [0.29, 0.717) is 5.69 Å². The molecule has 0 bridgehead atoms. The summed E-state index contributed by atoms with van der Waals surface area (Å²) in [6, 6.07) is 7.44. The van der Waals surface area contributed by atoms with E-state index in [4.69, 9.17) is 0 Å². The zero-order valence-corrected chi connectivity index (χ0v) is 12.6.